The van der Waals surface area contributed by atoms with Gasteiger partial charge in [0.05, 0.1) is 23.1 Å². The first-order chi connectivity index (χ1) is 15.8. The van der Waals surface area contributed by atoms with Gasteiger partial charge in [-0.05, 0) is 62.6 Å². The molecule has 0 fully saturated rings. The van der Waals surface area contributed by atoms with Gasteiger partial charge in [0.15, 0.2) is 10.9 Å². The lowest BCUT2D eigenvalue weighted by Crippen LogP contribution is -2.42. The molecule has 0 aliphatic heterocycles. The molecule has 4 aromatic rings. The Balaban J connectivity index is 1.65. The maximum atomic E-state index is 13.6. The molecule has 33 heavy (non-hydrogen) atoms. The predicted octanol–water partition coefficient (Wildman–Crippen LogP) is 3.83. The number of fused-ring (bicyclic) bond motifs is 1. The van der Waals surface area contributed by atoms with E-state index in [1.165, 1.54) is 23.7 Å². The number of thioether (sulfide) groups is 1. The van der Waals surface area contributed by atoms with Crippen LogP contribution in [-0.2, 0) is 4.79 Å². The molecule has 0 bridgehead atoms. The van der Waals surface area contributed by atoms with Gasteiger partial charge in [-0.3, -0.25) is 29.8 Å². The van der Waals surface area contributed by atoms with Crippen LogP contribution < -0.4 is 16.4 Å². The molecule has 1 aromatic carbocycles. The van der Waals surface area contributed by atoms with Crippen molar-refractivity contribution in [3.05, 3.63) is 74.3 Å². The molecule has 0 aliphatic carbocycles. The Morgan fingerprint density at radius 3 is 2.61 bits per heavy atom. The zero-order valence-electron chi connectivity index (χ0n) is 18.5. The molecule has 3 aromatic heterocycles. The summed E-state index contributed by atoms with van der Waals surface area (Å²) >= 11 is 2.59. The number of carbonyl (C=O) groups is 2. The summed E-state index contributed by atoms with van der Waals surface area (Å²) in [5.74, 6) is -0.970. The first-order valence-corrected chi connectivity index (χ1v) is 11.9. The molecule has 0 radical (unpaired) electrons. The minimum atomic E-state index is -0.560. The molecule has 170 valence electrons. The van der Waals surface area contributed by atoms with Crippen LogP contribution >= 0.6 is 23.1 Å². The third-order valence-electron chi connectivity index (χ3n) is 5.38. The average molecular weight is 483 g/mol. The van der Waals surface area contributed by atoms with Crippen molar-refractivity contribution in [2.75, 3.05) is 5.75 Å². The summed E-state index contributed by atoms with van der Waals surface area (Å²) in [4.78, 5) is 44.3. The highest BCUT2D eigenvalue weighted by atomic mass is 32.2. The largest absolute Gasteiger partial charge is 0.459 e. The second-order valence-corrected chi connectivity index (χ2v) is 9.63. The Labute approximate surface area is 198 Å². The van der Waals surface area contributed by atoms with Crippen molar-refractivity contribution in [3.63, 3.8) is 0 Å². The van der Waals surface area contributed by atoms with Crippen molar-refractivity contribution >= 4 is 45.1 Å². The van der Waals surface area contributed by atoms with Crippen LogP contribution in [0.3, 0.4) is 0 Å². The molecule has 4 rings (SSSR count). The first-order valence-electron chi connectivity index (χ1n) is 10.1. The number of hydrazine groups is 1. The van der Waals surface area contributed by atoms with Crippen molar-refractivity contribution in [3.8, 4) is 5.69 Å². The van der Waals surface area contributed by atoms with Crippen molar-refractivity contribution in [2.45, 2.75) is 32.9 Å². The molecule has 0 spiro atoms. The maximum absolute atomic E-state index is 13.6. The monoisotopic (exact) mass is 482 g/mol. The normalized spacial score (nSPS) is 11.0. The van der Waals surface area contributed by atoms with Crippen LogP contribution in [0.4, 0.5) is 0 Å². The van der Waals surface area contributed by atoms with Gasteiger partial charge in [-0.2, -0.15) is 0 Å². The highest BCUT2D eigenvalue weighted by molar-refractivity contribution is 7.99. The van der Waals surface area contributed by atoms with Gasteiger partial charge >= 0.3 is 5.91 Å². The van der Waals surface area contributed by atoms with E-state index in [0.717, 1.165) is 39.0 Å². The molecule has 8 nitrogen and oxygen atoms in total. The van der Waals surface area contributed by atoms with E-state index in [0.29, 0.717) is 15.4 Å². The highest BCUT2D eigenvalue weighted by Crippen LogP contribution is 2.30. The van der Waals surface area contributed by atoms with Gasteiger partial charge in [0.1, 0.15) is 4.83 Å². The van der Waals surface area contributed by atoms with Crippen LogP contribution in [0.15, 0.2) is 51.0 Å². The van der Waals surface area contributed by atoms with Gasteiger partial charge in [-0.15, -0.1) is 11.3 Å². The van der Waals surface area contributed by atoms with E-state index in [-0.39, 0.29) is 17.1 Å². The van der Waals surface area contributed by atoms with Crippen LogP contribution in [-0.4, -0.2) is 27.1 Å². The number of aryl methyl sites for hydroxylation is 3. The van der Waals surface area contributed by atoms with E-state index in [2.05, 4.69) is 10.9 Å². The standard InChI is InChI=1S/C23H22N4O4S2/c1-12-7-5-8-16(13(12)2)27-22(30)19-14(3)15(4)33-21(19)24-23(27)32-11-18(28)25-26-20(29)17-9-6-10-31-17/h5-10H,11H2,1-4H3,(H,25,28)(H,26,29). The number of benzene rings is 1. The lowest BCUT2D eigenvalue weighted by Gasteiger charge is -2.15. The zero-order valence-corrected chi connectivity index (χ0v) is 20.1. The van der Waals surface area contributed by atoms with Gasteiger partial charge in [0, 0.05) is 4.88 Å². The van der Waals surface area contributed by atoms with Crippen LogP contribution in [0.2, 0.25) is 0 Å². The molecular formula is C23H22N4O4S2. The maximum Gasteiger partial charge on any atom is 0.305 e. The summed E-state index contributed by atoms with van der Waals surface area (Å²) in [6, 6.07) is 8.82. The van der Waals surface area contributed by atoms with E-state index in [9.17, 15) is 14.4 Å². The van der Waals surface area contributed by atoms with Crippen LogP contribution in [0, 0.1) is 27.7 Å². The van der Waals surface area contributed by atoms with Crippen LogP contribution in [0.25, 0.3) is 15.9 Å². The Bertz CT molecular complexity index is 1420. The molecule has 0 unspecified atom stereocenters. The second-order valence-electron chi connectivity index (χ2n) is 7.49. The quantitative estimate of drug-likeness (QED) is 0.254. The highest BCUT2D eigenvalue weighted by Gasteiger charge is 2.20. The van der Waals surface area contributed by atoms with E-state index in [4.69, 9.17) is 9.40 Å². The number of nitrogens with one attached hydrogen (secondary N) is 2. The van der Waals surface area contributed by atoms with Gasteiger partial charge in [-0.1, -0.05) is 23.9 Å². The molecule has 10 heteroatoms. The molecule has 2 amide bonds. The van der Waals surface area contributed by atoms with Gasteiger partial charge in [0.25, 0.3) is 5.56 Å². The minimum absolute atomic E-state index is 0.0510. The first kappa shape index (κ1) is 22.8. The smallest absolute Gasteiger partial charge is 0.305 e. The Kier molecular flexibility index (Phi) is 6.39. The second kappa shape index (κ2) is 9.24. The number of amides is 2. The molecule has 0 atom stereocenters. The topological polar surface area (TPSA) is 106 Å². The van der Waals surface area contributed by atoms with Crippen LogP contribution in [0.5, 0.6) is 0 Å². The number of hydrogen-bond acceptors (Lipinski definition) is 7. The minimum Gasteiger partial charge on any atom is -0.459 e. The van der Waals surface area contributed by atoms with Gasteiger partial charge < -0.3 is 4.42 Å². The molecule has 2 N–H and O–H groups in total. The third-order valence-corrected chi connectivity index (χ3v) is 7.42. The van der Waals surface area contributed by atoms with E-state index >= 15 is 0 Å². The lowest BCUT2D eigenvalue weighted by atomic mass is 10.1. The van der Waals surface area contributed by atoms with Crippen molar-refractivity contribution in [2.24, 2.45) is 0 Å². The SMILES string of the molecule is Cc1cccc(-n2c(SCC(=O)NNC(=O)c3ccco3)nc3sc(C)c(C)c3c2=O)c1C. The fraction of sp³-hybridized carbons (Fsp3) is 0.217. The summed E-state index contributed by atoms with van der Waals surface area (Å²) in [6.07, 6.45) is 1.37. The number of carbonyl (C=O) groups excluding carboxylic acids is 2. The van der Waals surface area contributed by atoms with Gasteiger partial charge in [0.2, 0.25) is 5.91 Å². The molecular weight excluding hydrogens is 460 g/mol. The van der Waals surface area contributed by atoms with E-state index in [1.54, 1.807) is 10.6 Å². The molecule has 0 saturated carbocycles. The Morgan fingerprint density at radius 2 is 1.88 bits per heavy atom. The lowest BCUT2D eigenvalue weighted by molar-refractivity contribution is -0.119. The number of aromatic nitrogens is 2. The summed E-state index contributed by atoms with van der Waals surface area (Å²) in [5, 5.41) is 1.01. The zero-order chi connectivity index (χ0) is 23.7. The van der Waals surface area contributed by atoms with Crippen molar-refractivity contribution in [1.82, 2.24) is 20.4 Å². The fourth-order valence-corrected chi connectivity index (χ4v) is 5.20. The summed E-state index contributed by atoms with van der Waals surface area (Å²) in [7, 11) is 0. The Morgan fingerprint density at radius 1 is 1.09 bits per heavy atom. The molecule has 3 heterocycles. The average Bonchev–Trinajstić information content (AvgIpc) is 3.42. The number of furan rings is 1. The number of nitrogens with zero attached hydrogens (tertiary/aromatic N) is 2. The molecule has 0 aliphatic rings. The summed E-state index contributed by atoms with van der Waals surface area (Å²) in [5.41, 5.74) is 8.15. The number of rotatable bonds is 5. The Hall–Kier alpha value is -3.37. The van der Waals surface area contributed by atoms with E-state index in [1.807, 2.05) is 45.9 Å². The van der Waals surface area contributed by atoms with Crippen LogP contribution in [0.1, 0.15) is 32.1 Å². The van der Waals surface area contributed by atoms with Crippen molar-refractivity contribution in [1.29, 1.82) is 0 Å². The molecule has 0 saturated heterocycles. The van der Waals surface area contributed by atoms with Gasteiger partial charge in [-0.25, -0.2) is 4.98 Å². The number of thiophene rings is 1. The van der Waals surface area contributed by atoms with Crippen molar-refractivity contribution < 1.29 is 14.0 Å². The predicted molar refractivity (Wildman–Crippen MR) is 129 cm³/mol. The summed E-state index contributed by atoms with van der Waals surface area (Å²) < 4.78 is 6.57. The van der Waals surface area contributed by atoms with E-state index < -0.39 is 11.8 Å². The third kappa shape index (κ3) is 4.44. The number of hydrogen-bond donors (Lipinski definition) is 2. The fourth-order valence-electron chi connectivity index (χ4n) is 3.32. The summed E-state index contributed by atoms with van der Waals surface area (Å²) in [6.45, 7) is 7.83.